The first-order chi connectivity index (χ1) is 4.20. The van der Waals surface area contributed by atoms with Crippen LogP contribution >= 0.6 is 0 Å². The highest BCUT2D eigenvalue weighted by atomic mass is 15.1. The van der Waals surface area contributed by atoms with Gasteiger partial charge in [0, 0.05) is 19.3 Å². The monoisotopic (exact) mass is 129 g/mol. The summed E-state index contributed by atoms with van der Waals surface area (Å²) >= 11 is 0. The number of rotatable bonds is 3. The van der Waals surface area contributed by atoms with Gasteiger partial charge < -0.3 is 16.4 Å². The number of nitrogens with two attached hydrogens (primary N) is 2. The van der Waals surface area contributed by atoms with Gasteiger partial charge in [0.15, 0.2) is 0 Å². The molecule has 0 bridgehead atoms. The molecule has 0 aliphatic rings. The summed E-state index contributed by atoms with van der Waals surface area (Å²) in [7, 11) is 0. The maximum absolute atomic E-state index is 5.24. The molecule has 54 valence electrons. The van der Waals surface area contributed by atoms with E-state index in [0.717, 1.165) is 13.1 Å². The van der Waals surface area contributed by atoms with Gasteiger partial charge in [0.2, 0.25) is 0 Å². The van der Waals surface area contributed by atoms with Gasteiger partial charge in [-0.15, -0.1) is 0 Å². The van der Waals surface area contributed by atoms with Gasteiger partial charge in [0.25, 0.3) is 0 Å². The Morgan fingerprint density at radius 1 is 1.33 bits per heavy atom. The summed E-state index contributed by atoms with van der Waals surface area (Å²) in [5, 5.41) is 0. The largest absolute Gasteiger partial charge is 0.384 e. The van der Waals surface area contributed by atoms with Crippen LogP contribution in [0, 0.1) is 0 Å². The topological polar surface area (TPSA) is 55.3 Å². The average Bonchev–Trinajstić information content (AvgIpc) is 1.82. The number of hydrogen-bond donors (Lipinski definition) is 2. The maximum Gasteiger partial charge on any atom is 0.110 e. The van der Waals surface area contributed by atoms with Crippen molar-refractivity contribution in [1.29, 1.82) is 0 Å². The molecule has 0 radical (unpaired) electrons. The van der Waals surface area contributed by atoms with Crippen molar-refractivity contribution in [3.8, 4) is 0 Å². The van der Waals surface area contributed by atoms with E-state index in [1.165, 1.54) is 0 Å². The van der Waals surface area contributed by atoms with Crippen molar-refractivity contribution in [1.82, 2.24) is 4.90 Å². The molecule has 0 heterocycles. The zero-order chi connectivity index (χ0) is 7.28. The summed E-state index contributed by atoms with van der Waals surface area (Å²) in [6.45, 7) is 6.02. The van der Waals surface area contributed by atoms with Gasteiger partial charge in [-0.05, 0) is 13.8 Å². The highest BCUT2D eigenvalue weighted by molar-refractivity contribution is 4.88. The lowest BCUT2D eigenvalue weighted by atomic mass is 10.5. The Balaban J connectivity index is 3.68. The number of hydrogen-bond acceptors (Lipinski definition) is 3. The zero-order valence-electron chi connectivity index (χ0n) is 6.09. The van der Waals surface area contributed by atoms with Gasteiger partial charge in [-0.25, -0.2) is 0 Å². The fourth-order valence-electron chi connectivity index (χ4n) is 0.617. The van der Waals surface area contributed by atoms with E-state index in [1.54, 1.807) is 6.20 Å². The maximum atomic E-state index is 5.24. The van der Waals surface area contributed by atoms with Crippen LogP contribution in [0.4, 0.5) is 0 Å². The minimum Gasteiger partial charge on any atom is -0.384 e. The van der Waals surface area contributed by atoms with E-state index in [9.17, 15) is 0 Å². The van der Waals surface area contributed by atoms with E-state index in [-0.39, 0.29) is 0 Å². The smallest absolute Gasteiger partial charge is 0.110 e. The molecule has 0 aliphatic heterocycles. The van der Waals surface area contributed by atoms with E-state index in [0.29, 0.717) is 5.82 Å². The third-order valence-electron chi connectivity index (χ3n) is 1.14. The summed E-state index contributed by atoms with van der Waals surface area (Å²) < 4.78 is 0. The Morgan fingerprint density at radius 3 is 1.89 bits per heavy atom. The molecule has 3 nitrogen and oxygen atoms in total. The van der Waals surface area contributed by atoms with E-state index in [2.05, 4.69) is 13.8 Å². The fourth-order valence-corrected chi connectivity index (χ4v) is 0.617. The normalized spacial score (nSPS) is 8.67. The molecule has 0 aromatic heterocycles. The Kier molecular flexibility index (Phi) is 3.67. The van der Waals surface area contributed by atoms with E-state index in [4.69, 9.17) is 11.5 Å². The van der Waals surface area contributed by atoms with Crippen LogP contribution in [0.1, 0.15) is 13.8 Å². The first kappa shape index (κ1) is 8.14. The third-order valence-corrected chi connectivity index (χ3v) is 1.14. The van der Waals surface area contributed by atoms with Crippen molar-refractivity contribution in [3.63, 3.8) is 0 Å². The standard InChI is InChI=1S/C6H15N3/c1-3-9(4-2)5-6(7)8/h5H,3-4,7-8H2,1-2H3. The lowest BCUT2D eigenvalue weighted by Gasteiger charge is -2.14. The molecule has 0 aromatic rings. The molecule has 0 fully saturated rings. The van der Waals surface area contributed by atoms with Crippen molar-refractivity contribution in [2.75, 3.05) is 13.1 Å². The molecule has 0 aliphatic carbocycles. The minimum absolute atomic E-state index is 0.374. The van der Waals surface area contributed by atoms with Gasteiger partial charge in [-0.2, -0.15) is 0 Å². The fraction of sp³-hybridized carbons (Fsp3) is 0.667. The Bertz CT molecular complexity index is 90.5. The highest BCUT2D eigenvalue weighted by Crippen LogP contribution is 1.86. The van der Waals surface area contributed by atoms with Crippen molar-refractivity contribution in [2.24, 2.45) is 11.5 Å². The molecule has 9 heavy (non-hydrogen) atoms. The Hall–Kier alpha value is -0.860. The second-order valence-electron chi connectivity index (χ2n) is 1.85. The summed E-state index contributed by atoms with van der Waals surface area (Å²) in [5.74, 6) is 0.374. The molecule has 0 amide bonds. The minimum atomic E-state index is 0.374. The van der Waals surface area contributed by atoms with Crippen LogP contribution in [0.25, 0.3) is 0 Å². The molecule has 0 saturated heterocycles. The first-order valence-corrected chi connectivity index (χ1v) is 3.17. The van der Waals surface area contributed by atoms with E-state index < -0.39 is 0 Å². The van der Waals surface area contributed by atoms with Crippen LogP contribution in [0.5, 0.6) is 0 Å². The van der Waals surface area contributed by atoms with Crippen molar-refractivity contribution in [2.45, 2.75) is 13.8 Å². The van der Waals surface area contributed by atoms with Crippen LogP contribution in [0.3, 0.4) is 0 Å². The summed E-state index contributed by atoms with van der Waals surface area (Å²) in [4.78, 5) is 2.04. The lowest BCUT2D eigenvalue weighted by molar-refractivity contribution is 0.414. The van der Waals surface area contributed by atoms with Gasteiger partial charge in [0.1, 0.15) is 5.82 Å². The predicted octanol–water partition coefficient (Wildman–Crippen LogP) is 0.0445. The van der Waals surface area contributed by atoms with E-state index >= 15 is 0 Å². The van der Waals surface area contributed by atoms with Gasteiger partial charge >= 0.3 is 0 Å². The van der Waals surface area contributed by atoms with E-state index in [1.807, 2.05) is 4.90 Å². The zero-order valence-corrected chi connectivity index (χ0v) is 6.09. The average molecular weight is 129 g/mol. The van der Waals surface area contributed by atoms with Crippen molar-refractivity contribution < 1.29 is 0 Å². The second-order valence-corrected chi connectivity index (χ2v) is 1.85. The molecule has 4 N–H and O–H groups in total. The van der Waals surface area contributed by atoms with Crippen LogP contribution in [-0.4, -0.2) is 18.0 Å². The highest BCUT2D eigenvalue weighted by Gasteiger charge is 1.89. The molecule has 0 saturated carbocycles. The van der Waals surface area contributed by atoms with Crippen LogP contribution in [-0.2, 0) is 0 Å². The molecular formula is C6H15N3. The Morgan fingerprint density at radius 2 is 1.78 bits per heavy atom. The van der Waals surface area contributed by atoms with Crippen LogP contribution in [0.15, 0.2) is 12.0 Å². The third kappa shape index (κ3) is 3.70. The van der Waals surface area contributed by atoms with Crippen LogP contribution < -0.4 is 11.5 Å². The summed E-state index contributed by atoms with van der Waals surface area (Å²) in [6, 6.07) is 0. The first-order valence-electron chi connectivity index (χ1n) is 3.17. The lowest BCUT2D eigenvalue weighted by Crippen LogP contribution is -2.20. The van der Waals surface area contributed by atoms with Crippen molar-refractivity contribution in [3.05, 3.63) is 12.0 Å². The van der Waals surface area contributed by atoms with Gasteiger partial charge in [-0.1, -0.05) is 0 Å². The molecule has 0 spiro atoms. The Labute approximate surface area is 56.3 Å². The molecular weight excluding hydrogens is 114 g/mol. The van der Waals surface area contributed by atoms with Gasteiger partial charge in [-0.3, -0.25) is 0 Å². The molecule has 0 atom stereocenters. The van der Waals surface area contributed by atoms with Gasteiger partial charge in [0.05, 0.1) is 0 Å². The summed E-state index contributed by atoms with van der Waals surface area (Å²) in [5.41, 5.74) is 10.5. The molecule has 0 rings (SSSR count). The predicted molar refractivity (Wildman–Crippen MR) is 39.4 cm³/mol. The number of nitrogens with zero attached hydrogens (tertiary/aromatic N) is 1. The summed E-state index contributed by atoms with van der Waals surface area (Å²) in [6.07, 6.45) is 1.75. The SMILES string of the molecule is CCN(C=C(N)N)CC. The quantitative estimate of drug-likeness (QED) is 0.566. The second kappa shape index (κ2) is 4.06. The molecule has 3 heteroatoms. The van der Waals surface area contributed by atoms with Crippen LogP contribution in [0.2, 0.25) is 0 Å². The van der Waals surface area contributed by atoms with Crippen molar-refractivity contribution >= 4 is 0 Å². The molecule has 0 unspecified atom stereocenters. The molecule has 0 aromatic carbocycles.